The first-order chi connectivity index (χ1) is 12.3. The van der Waals surface area contributed by atoms with Gasteiger partial charge in [0, 0.05) is 4.90 Å². The Balaban J connectivity index is 2.04. The molecule has 9 heteroatoms. The average Bonchev–Trinajstić information content (AvgIpc) is 2.59. The van der Waals surface area contributed by atoms with E-state index in [0.717, 1.165) is 27.1 Å². The summed E-state index contributed by atoms with van der Waals surface area (Å²) in [4.78, 5) is 13.1. The Morgan fingerprint density at radius 3 is 2.54 bits per heavy atom. The number of hydrazone groups is 1. The molecule has 0 unspecified atom stereocenters. The van der Waals surface area contributed by atoms with Crippen molar-refractivity contribution in [2.24, 2.45) is 5.10 Å². The number of sulfonamides is 1. The second kappa shape index (κ2) is 8.81. The monoisotopic (exact) mass is 395 g/mol. The highest BCUT2D eigenvalue weighted by molar-refractivity contribution is 7.98. The lowest BCUT2D eigenvalue weighted by molar-refractivity contribution is -0.119. The van der Waals surface area contributed by atoms with Gasteiger partial charge in [0.1, 0.15) is 12.4 Å². The minimum atomic E-state index is -3.76. The van der Waals surface area contributed by atoms with E-state index in [9.17, 15) is 17.6 Å². The van der Waals surface area contributed by atoms with Gasteiger partial charge in [-0.2, -0.15) is 5.10 Å². The van der Waals surface area contributed by atoms with E-state index in [1.54, 1.807) is 11.8 Å². The van der Waals surface area contributed by atoms with Crippen molar-refractivity contribution in [1.82, 2.24) is 5.43 Å². The number of rotatable bonds is 7. The molecule has 26 heavy (non-hydrogen) atoms. The maximum Gasteiger partial charge on any atom is 0.260 e. The van der Waals surface area contributed by atoms with Gasteiger partial charge < -0.3 is 0 Å². The van der Waals surface area contributed by atoms with Gasteiger partial charge in [0.05, 0.1) is 18.2 Å². The molecule has 0 radical (unpaired) electrons. The summed E-state index contributed by atoms with van der Waals surface area (Å²) in [6, 6.07) is 12.5. The smallest absolute Gasteiger partial charge is 0.260 e. The van der Waals surface area contributed by atoms with Crippen LogP contribution in [0.25, 0.3) is 0 Å². The van der Waals surface area contributed by atoms with Crippen LogP contribution >= 0.6 is 11.8 Å². The van der Waals surface area contributed by atoms with Crippen LogP contribution in [-0.2, 0) is 14.8 Å². The predicted octanol–water partition coefficient (Wildman–Crippen LogP) is 2.46. The predicted molar refractivity (Wildman–Crippen MR) is 103 cm³/mol. The van der Waals surface area contributed by atoms with Crippen LogP contribution in [0.15, 0.2) is 58.5 Å². The van der Waals surface area contributed by atoms with Crippen molar-refractivity contribution in [3.63, 3.8) is 0 Å². The lowest BCUT2D eigenvalue weighted by atomic mass is 10.2. The molecule has 0 saturated heterocycles. The SMILES string of the molecule is CSc1ccc(/C=N\NC(=O)CN(c2cccc(F)c2)S(C)(=O)=O)cc1. The third-order valence-corrected chi connectivity index (χ3v) is 5.19. The maximum atomic E-state index is 13.4. The van der Waals surface area contributed by atoms with Crippen molar-refractivity contribution >= 4 is 39.6 Å². The van der Waals surface area contributed by atoms with Gasteiger partial charge in [-0.1, -0.05) is 18.2 Å². The Kier molecular flexibility index (Phi) is 6.76. The van der Waals surface area contributed by atoms with E-state index in [1.807, 2.05) is 30.5 Å². The van der Waals surface area contributed by atoms with E-state index in [0.29, 0.717) is 0 Å². The minimum absolute atomic E-state index is 0.0688. The molecule has 0 aliphatic rings. The summed E-state index contributed by atoms with van der Waals surface area (Å²) in [6.07, 6.45) is 4.37. The zero-order valence-corrected chi connectivity index (χ0v) is 15.8. The molecule has 0 aliphatic heterocycles. The maximum absolute atomic E-state index is 13.4. The van der Waals surface area contributed by atoms with Gasteiger partial charge in [0.2, 0.25) is 10.0 Å². The molecule has 0 saturated carbocycles. The molecule has 0 heterocycles. The highest BCUT2D eigenvalue weighted by atomic mass is 32.2. The van der Waals surface area contributed by atoms with Gasteiger partial charge in [-0.15, -0.1) is 11.8 Å². The van der Waals surface area contributed by atoms with Gasteiger partial charge in [-0.3, -0.25) is 9.10 Å². The van der Waals surface area contributed by atoms with Crippen LogP contribution in [0.2, 0.25) is 0 Å². The van der Waals surface area contributed by atoms with Crippen LogP contribution in [0.3, 0.4) is 0 Å². The molecule has 1 amide bonds. The third-order valence-electron chi connectivity index (χ3n) is 3.30. The second-order valence-corrected chi connectivity index (χ2v) is 8.10. The Hall–Kier alpha value is -2.39. The second-order valence-electron chi connectivity index (χ2n) is 5.32. The van der Waals surface area contributed by atoms with Gasteiger partial charge in [-0.05, 0) is 42.2 Å². The van der Waals surface area contributed by atoms with Gasteiger partial charge >= 0.3 is 0 Å². The highest BCUT2D eigenvalue weighted by Gasteiger charge is 2.21. The molecule has 0 spiro atoms. The zero-order valence-electron chi connectivity index (χ0n) is 14.2. The number of carbonyl (C=O) groups is 1. The molecule has 0 fully saturated rings. The fourth-order valence-electron chi connectivity index (χ4n) is 2.07. The first-order valence-corrected chi connectivity index (χ1v) is 10.6. The summed E-state index contributed by atoms with van der Waals surface area (Å²) >= 11 is 1.61. The molecule has 2 rings (SSSR count). The zero-order chi connectivity index (χ0) is 19.2. The number of benzene rings is 2. The van der Waals surface area contributed by atoms with Crippen molar-refractivity contribution in [3.05, 3.63) is 59.9 Å². The molecule has 1 N–H and O–H groups in total. The minimum Gasteiger partial charge on any atom is -0.271 e. The van der Waals surface area contributed by atoms with E-state index in [2.05, 4.69) is 10.5 Å². The van der Waals surface area contributed by atoms with Crippen LogP contribution in [-0.4, -0.2) is 39.6 Å². The molecule has 0 aromatic heterocycles. The fourth-order valence-corrected chi connectivity index (χ4v) is 3.32. The molecule has 0 bridgehead atoms. The summed E-state index contributed by atoms with van der Waals surface area (Å²) in [6.45, 7) is -0.509. The summed E-state index contributed by atoms with van der Waals surface area (Å²) < 4.78 is 38.0. The number of hydrogen-bond donors (Lipinski definition) is 1. The summed E-state index contributed by atoms with van der Waals surface area (Å²) in [7, 11) is -3.76. The van der Waals surface area contributed by atoms with Crippen LogP contribution < -0.4 is 9.73 Å². The first kappa shape index (κ1) is 19.9. The van der Waals surface area contributed by atoms with Gasteiger partial charge in [-0.25, -0.2) is 18.2 Å². The van der Waals surface area contributed by atoms with Crippen molar-refractivity contribution in [2.45, 2.75) is 4.90 Å². The van der Waals surface area contributed by atoms with Crippen LogP contribution in [0.5, 0.6) is 0 Å². The standard InChI is InChI=1S/C17H18FN3O3S2/c1-25-16-8-6-13(7-9-16)11-19-20-17(22)12-21(26(2,23)24)15-5-3-4-14(18)10-15/h3-11H,12H2,1-2H3,(H,20,22)/b19-11-. The normalized spacial score (nSPS) is 11.5. The quantitative estimate of drug-likeness (QED) is 0.444. The van der Waals surface area contributed by atoms with E-state index in [4.69, 9.17) is 0 Å². The number of carbonyl (C=O) groups excluding carboxylic acids is 1. The van der Waals surface area contributed by atoms with Crippen molar-refractivity contribution in [2.75, 3.05) is 23.4 Å². The lowest BCUT2D eigenvalue weighted by Crippen LogP contribution is -2.39. The molecule has 0 atom stereocenters. The fraction of sp³-hybridized carbons (Fsp3) is 0.176. The number of anilines is 1. The summed E-state index contributed by atoms with van der Waals surface area (Å²) in [5, 5.41) is 3.82. The van der Waals surface area contributed by atoms with Crippen LogP contribution in [0, 0.1) is 5.82 Å². The Bertz CT molecular complexity index is 900. The average molecular weight is 395 g/mol. The van der Waals surface area contributed by atoms with Gasteiger partial charge in [0.15, 0.2) is 0 Å². The molecule has 0 aliphatic carbocycles. The Labute approximate surface area is 156 Å². The van der Waals surface area contributed by atoms with Crippen LogP contribution in [0.1, 0.15) is 5.56 Å². The summed E-state index contributed by atoms with van der Waals surface area (Å²) in [5.74, 6) is -1.24. The topological polar surface area (TPSA) is 78.8 Å². The molecular weight excluding hydrogens is 377 g/mol. The number of amides is 1. The number of halogens is 1. The van der Waals surface area contributed by atoms with Crippen LogP contribution in [0.4, 0.5) is 10.1 Å². The van der Waals surface area contributed by atoms with E-state index >= 15 is 0 Å². The number of thioether (sulfide) groups is 1. The Morgan fingerprint density at radius 1 is 1.27 bits per heavy atom. The number of hydrogen-bond acceptors (Lipinski definition) is 5. The van der Waals surface area contributed by atoms with Crippen molar-refractivity contribution < 1.29 is 17.6 Å². The molecule has 6 nitrogen and oxygen atoms in total. The van der Waals surface area contributed by atoms with Gasteiger partial charge in [0.25, 0.3) is 5.91 Å². The largest absolute Gasteiger partial charge is 0.271 e. The molecule has 2 aromatic carbocycles. The number of nitrogens with zero attached hydrogens (tertiary/aromatic N) is 2. The third kappa shape index (κ3) is 5.85. The number of nitrogens with one attached hydrogen (secondary N) is 1. The van der Waals surface area contributed by atoms with Crippen molar-refractivity contribution in [1.29, 1.82) is 0 Å². The van der Waals surface area contributed by atoms with Crippen molar-refractivity contribution in [3.8, 4) is 0 Å². The van der Waals surface area contributed by atoms with E-state index in [-0.39, 0.29) is 5.69 Å². The highest BCUT2D eigenvalue weighted by Crippen LogP contribution is 2.18. The lowest BCUT2D eigenvalue weighted by Gasteiger charge is -2.21. The van der Waals surface area contributed by atoms with E-state index < -0.39 is 28.3 Å². The molecule has 138 valence electrons. The Morgan fingerprint density at radius 2 is 1.96 bits per heavy atom. The summed E-state index contributed by atoms with van der Waals surface area (Å²) in [5.41, 5.74) is 3.13. The van der Waals surface area contributed by atoms with E-state index in [1.165, 1.54) is 24.4 Å². The first-order valence-electron chi connectivity index (χ1n) is 7.49. The molecular formula is C17H18FN3O3S2. The molecule has 2 aromatic rings.